The molecule has 5 heteroatoms. The van der Waals surface area contributed by atoms with Gasteiger partial charge in [-0.3, -0.25) is 9.63 Å². The van der Waals surface area contributed by atoms with Gasteiger partial charge in [0.15, 0.2) is 0 Å². The van der Waals surface area contributed by atoms with Crippen LogP contribution in [0.4, 0.5) is 0 Å². The smallest absolute Gasteiger partial charge is 0.278 e. The average Bonchev–Trinajstić information content (AvgIpc) is 2.95. The molecule has 5 nitrogen and oxygen atoms in total. The summed E-state index contributed by atoms with van der Waals surface area (Å²) in [5, 5.41) is 1.37. The number of H-pyrrole nitrogens is 1. The Morgan fingerprint density at radius 1 is 1.42 bits per heavy atom. The number of imidazole rings is 1. The Balaban J connectivity index is 1.69. The maximum atomic E-state index is 12.2. The quantitative estimate of drug-likeness (QED) is 0.912. The first kappa shape index (κ1) is 11.7. The number of hydrogen-bond acceptors (Lipinski definition) is 3. The Labute approximate surface area is 110 Å². The lowest BCUT2D eigenvalue weighted by atomic mass is 10.1. The maximum Gasteiger partial charge on any atom is 0.278 e. The van der Waals surface area contributed by atoms with Crippen LogP contribution in [0.5, 0.6) is 0 Å². The lowest BCUT2D eigenvalue weighted by Gasteiger charge is -2.26. The van der Waals surface area contributed by atoms with E-state index in [1.807, 2.05) is 36.4 Å². The van der Waals surface area contributed by atoms with E-state index in [1.165, 1.54) is 5.06 Å². The van der Waals surface area contributed by atoms with E-state index in [0.29, 0.717) is 18.7 Å². The highest BCUT2D eigenvalue weighted by Gasteiger charge is 2.23. The standard InChI is InChI=1S/C14H13N3O2/c18-14-13-6-2-1-4-11(13)9-19-17(14)7-3-5-12-8-15-10-16-12/h1-6,8,10H,7,9H2,(H,15,16)/b5-3+. The SMILES string of the molecule is O=C1c2ccccc2CON1C/C=C/c1cnc[nH]1. The molecule has 96 valence electrons. The first-order chi connectivity index (χ1) is 9.34. The molecule has 0 saturated heterocycles. The summed E-state index contributed by atoms with van der Waals surface area (Å²) in [5.41, 5.74) is 2.54. The molecule has 3 rings (SSSR count). The summed E-state index contributed by atoms with van der Waals surface area (Å²) in [5.74, 6) is -0.101. The minimum absolute atomic E-state index is 0.101. The molecule has 0 saturated carbocycles. The number of aromatic nitrogens is 2. The van der Waals surface area contributed by atoms with E-state index in [9.17, 15) is 4.79 Å². The fourth-order valence-corrected chi connectivity index (χ4v) is 1.96. The van der Waals surface area contributed by atoms with Gasteiger partial charge in [0.25, 0.3) is 5.91 Å². The molecule has 1 aliphatic rings. The zero-order chi connectivity index (χ0) is 13.1. The fourth-order valence-electron chi connectivity index (χ4n) is 1.96. The van der Waals surface area contributed by atoms with Crippen LogP contribution in [0.25, 0.3) is 6.08 Å². The number of fused-ring (bicyclic) bond motifs is 1. The van der Waals surface area contributed by atoms with Crippen LogP contribution in [-0.4, -0.2) is 27.5 Å². The van der Waals surface area contributed by atoms with Crippen molar-refractivity contribution in [2.75, 3.05) is 6.54 Å². The van der Waals surface area contributed by atoms with Crippen molar-refractivity contribution in [2.24, 2.45) is 0 Å². The summed E-state index contributed by atoms with van der Waals surface area (Å²) >= 11 is 0. The Bertz CT molecular complexity index is 605. The molecule has 1 amide bonds. The molecule has 0 fully saturated rings. The van der Waals surface area contributed by atoms with Crippen molar-refractivity contribution in [1.82, 2.24) is 15.0 Å². The molecular weight excluding hydrogens is 242 g/mol. The third-order valence-electron chi connectivity index (χ3n) is 2.94. The highest BCUT2D eigenvalue weighted by Crippen LogP contribution is 2.19. The summed E-state index contributed by atoms with van der Waals surface area (Å²) < 4.78 is 0. The van der Waals surface area contributed by atoms with Gasteiger partial charge >= 0.3 is 0 Å². The summed E-state index contributed by atoms with van der Waals surface area (Å²) in [7, 11) is 0. The molecule has 0 spiro atoms. The number of nitrogens with zero attached hydrogens (tertiary/aromatic N) is 2. The van der Waals surface area contributed by atoms with Gasteiger partial charge < -0.3 is 4.98 Å². The van der Waals surface area contributed by atoms with Gasteiger partial charge in [-0.2, -0.15) is 0 Å². The third kappa shape index (κ3) is 2.41. The predicted octanol–water partition coefficient (Wildman–Crippen LogP) is 2.01. The van der Waals surface area contributed by atoms with E-state index in [1.54, 1.807) is 12.5 Å². The number of benzene rings is 1. The number of hydroxylamine groups is 2. The molecule has 1 N–H and O–H groups in total. The van der Waals surface area contributed by atoms with E-state index in [0.717, 1.165) is 11.3 Å². The van der Waals surface area contributed by atoms with Crippen molar-refractivity contribution in [3.05, 3.63) is 59.7 Å². The predicted molar refractivity (Wildman–Crippen MR) is 69.9 cm³/mol. The molecule has 1 aromatic carbocycles. The van der Waals surface area contributed by atoms with Crippen LogP contribution >= 0.6 is 0 Å². The van der Waals surface area contributed by atoms with Gasteiger partial charge in [0.2, 0.25) is 0 Å². The Morgan fingerprint density at radius 3 is 3.16 bits per heavy atom. The molecule has 2 heterocycles. The molecular formula is C14H13N3O2. The van der Waals surface area contributed by atoms with Crippen molar-refractivity contribution in [3.63, 3.8) is 0 Å². The molecule has 19 heavy (non-hydrogen) atoms. The average molecular weight is 255 g/mol. The summed E-state index contributed by atoms with van der Waals surface area (Å²) in [6.45, 7) is 0.839. The number of nitrogens with one attached hydrogen (secondary N) is 1. The molecule has 0 aliphatic carbocycles. The maximum absolute atomic E-state index is 12.2. The van der Waals surface area contributed by atoms with Crippen molar-refractivity contribution in [2.45, 2.75) is 6.61 Å². The summed E-state index contributed by atoms with van der Waals surface area (Å²) in [6, 6.07) is 7.50. The number of hydrogen-bond donors (Lipinski definition) is 1. The second kappa shape index (κ2) is 5.07. The van der Waals surface area contributed by atoms with E-state index in [2.05, 4.69) is 9.97 Å². The second-order valence-electron chi connectivity index (χ2n) is 4.21. The van der Waals surface area contributed by atoms with E-state index < -0.39 is 0 Å². The van der Waals surface area contributed by atoms with Gasteiger partial charge in [0.1, 0.15) is 6.61 Å². The van der Waals surface area contributed by atoms with Gasteiger partial charge in [-0.15, -0.1) is 0 Å². The van der Waals surface area contributed by atoms with E-state index >= 15 is 0 Å². The minimum Gasteiger partial charge on any atom is -0.345 e. The van der Waals surface area contributed by atoms with Gasteiger partial charge in [0.05, 0.1) is 24.8 Å². The van der Waals surface area contributed by atoms with Gasteiger partial charge in [-0.25, -0.2) is 10.0 Å². The Hall–Kier alpha value is -2.40. The van der Waals surface area contributed by atoms with E-state index in [-0.39, 0.29) is 5.91 Å². The van der Waals surface area contributed by atoms with Gasteiger partial charge in [-0.1, -0.05) is 24.3 Å². The van der Waals surface area contributed by atoms with Crippen molar-refractivity contribution >= 4 is 12.0 Å². The van der Waals surface area contributed by atoms with Crippen LogP contribution in [0.15, 0.2) is 42.9 Å². The lowest BCUT2D eigenvalue weighted by molar-refractivity contribution is -0.133. The minimum atomic E-state index is -0.101. The zero-order valence-electron chi connectivity index (χ0n) is 10.2. The lowest BCUT2D eigenvalue weighted by Crippen LogP contribution is -2.35. The van der Waals surface area contributed by atoms with Crippen LogP contribution < -0.4 is 0 Å². The Morgan fingerprint density at radius 2 is 2.32 bits per heavy atom. The fraction of sp³-hybridized carbons (Fsp3) is 0.143. The normalized spacial score (nSPS) is 14.9. The van der Waals surface area contributed by atoms with Crippen LogP contribution in [0, 0.1) is 0 Å². The van der Waals surface area contributed by atoms with Crippen molar-refractivity contribution in [3.8, 4) is 0 Å². The Kier molecular flexibility index (Phi) is 3.12. The number of carbonyl (C=O) groups excluding carboxylic acids is 1. The zero-order valence-corrected chi connectivity index (χ0v) is 10.2. The van der Waals surface area contributed by atoms with Gasteiger partial charge in [0, 0.05) is 5.56 Å². The summed E-state index contributed by atoms with van der Waals surface area (Å²) in [4.78, 5) is 24.5. The number of rotatable bonds is 3. The monoisotopic (exact) mass is 255 g/mol. The van der Waals surface area contributed by atoms with Gasteiger partial charge in [-0.05, 0) is 17.7 Å². The molecule has 0 atom stereocenters. The number of carbonyl (C=O) groups is 1. The number of aromatic amines is 1. The van der Waals surface area contributed by atoms with Crippen LogP contribution in [0.1, 0.15) is 21.6 Å². The molecule has 0 radical (unpaired) electrons. The highest BCUT2D eigenvalue weighted by molar-refractivity contribution is 5.95. The summed E-state index contributed by atoms with van der Waals surface area (Å²) in [6.07, 6.45) is 7.05. The molecule has 2 aromatic rings. The van der Waals surface area contributed by atoms with Crippen molar-refractivity contribution in [1.29, 1.82) is 0 Å². The second-order valence-corrected chi connectivity index (χ2v) is 4.21. The van der Waals surface area contributed by atoms with Crippen molar-refractivity contribution < 1.29 is 9.63 Å². The molecule has 1 aromatic heterocycles. The molecule has 0 unspecified atom stereocenters. The largest absolute Gasteiger partial charge is 0.345 e. The third-order valence-corrected chi connectivity index (χ3v) is 2.94. The first-order valence-corrected chi connectivity index (χ1v) is 6.02. The van der Waals surface area contributed by atoms with Crippen LogP contribution in [0.2, 0.25) is 0 Å². The van der Waals surface area contributed by atoms with Crippen LogP contribution in [0.3, 0.4) is 0 Å². The first-order valence-electron chi connectivity index (χ1n) is 6.02. The molecule has 0 bridgehead atoms. The topological polar surface area (TPSA) is 58.2 Å². The number of amides is 1. The van der Waals surface area contributed by atoms with E-state index in [4.69, 9.17) is 4.84 Å². The highest BCUT2D eigenvalue weighted by atomic mass is 16.7. The van der Waals surface area contributed by atoms with Crippen LogP contribution in [-0.2, 0) is 11.4 Å². The molecule has 1 aliphatic heterocycles.